The van der Waals surface area contributed by atoms with Crippen LogP contribution < -0.4 is 0 Å². The molecular weight excluding hydrogens is 724 g/mol. The van der Waals surface area contributed by atoms with Gasteiger partial charge in [0.15, 0.2) is 0 Å². The van der Waals surface area contributed by atoms with Gasteiger partial charge in [0.1, 0.15) is 24.4 Å². The Morgan fingerprint density at radius 3 is 1.48 bits per heavy atom. The highest BCUT2D eigenvalue weighted by Crippen LogP contribution is 2.38. The van der Waals surface area contributed by atoms with Crippen LogP contribution in [0.15, 0.2) is 60.7 Å². The molecule has 2 aromatic carbocycles. The number of hydrogen-bond acceptors (Lipinski definition) is 11. The molecule has 4 heterocycles. The standard InChI is InChI=1S/C21H28N2O6.C20H28N2O5/c1-21(2,3)29-20(26)22-11-10-16-17(22)15(18(24)27-4)12-23(16)19(25)28-13-14-8-6-5-7-9-14;1-20(2,3)27-19(25)21-10-9-16-17(21)15(12-23)11-22(16)18(24)26-13-14-7-5-4-6-8-14/h5-9,15-17H,10-13H2,1-4H3;4-8,15-17,23H,9-13H2,1-3H3/t15-,16+,17+;15-,16-,17-/m01/s1. The number of methoxy groups -OCH3 is 1. The summed E-state index contributed by atoms with van der Waals surface area (Å²) in [6, 6.07) is 17.7. The van der Waals surface area contributed by atoms with Crippen LogP contribution >= 0.6 is 0 Å². The number of rotatable bonds is 6. The maximum Gasteiger partial charge on any atom is 0.410 e. The van der Waals surface area contributed by atoms with E-state index in [0.717, 1.165) is 11.1 Å². The third-order valence-corrected chi connectivity index (χ3v) is 10.2. The number of benzene rings is 2. The monoisotopic (exact) mass is 780 g/mol. The van der Waals surface area contributed by atoms with Crippen LogP contribution in [0.5, 0.6) is 0 Å². The molecule has 56 heavy (non-hydrogen) atoms. The lowest BCUT2D eigenvalue weighted by Crippen LogP contribution is -2.47. The van der Waals surface area contributed by atoms with Gasteiger partial charge < -0.3 is 48.4 Å². The van der Waals surface area contributed by atoms with Gasteiger partial charge in [-0.15, -0.1) is 0 Å². The van der Waals surface area contributed by atoms with Crippen molar-refractivity contribution in [1.82, 2.24) is 19.6 Å². The lowest BCUT2D eigenvalue weighted by Gasteiger charge is -2.30. The molecule has 2 aromatic rings. The Morgan fingerprint density at radius 1 is 0.625 bits per heavy atom. The first-order valence-electron chi connectivity index (χ1n) is 19.1. The fourth-order valence-electron chi connectivity index (χ4n) is 7.91. The number of hydrogen-bond donors (Lipinski definition) is 1. The Labute approximate surface area is 328 Å². The SMILES string of the molecule is CC(C)(C)OC(=O)N1CC[C@@H]2[C@H]1[C@@H](CO)CN2C(=O)OCc1ccccc1.COC(=O)[C@H]1CN(C(=O)OCc2ccccc2)[C@@H]2CCN(C(=O)OC(C)(C)C)[C@H]12. The second-order valence-electron chi connectivity index (χ2n) is 16.5. The van der Waals surface area contributed by atoms with Crippen molar-refractivity contribution < 1.29 is 52.8 Å². The van der Waals surface area contributed by atoms with Crippen molar-refractivity contribution in [3.63, 3.8) is 0 Å². The summed E-state index contributed by atoms with van der Waals surface area (Å²) in [5.41, 5.74) is 0.560. The molecule has 0 unspecified atom stereocenters. The number of carbonyl (C=O) groups excluding carboxylic acids is 5. The predicted molar refractivity (Wildman–Crippen MR) is 203 cm³/mol. The van der Waals surface area contributed by atoms with E-state index in [2.05, 4.69) is 0 Å². The first-order chi connectivity index (χ1) is 26.5. The number of carbonyl (C=O) groups is 5. The summed E-state index contributed by atoms with van der Waals surface area (Å²) in [5, 5.41) is 9.80. The van der Waals surface area contributed by atoms with Crippen LogP contribution in [-0.4, -0.2) is 130 Å². The number of likely N-dealkylation sites (tertiary alicyclic amines) is 4. The van der Waals surface area contributed by atoms with E-state index in [-0.39, 0.29) is 50.4 Å². The van der Waals surface area contributed by atoms with Crippen molar-refractivity contribution >= 4 is 30.3 Å². The fraction of sp³-hybridized carbons (Fsp3) is 0.585. The molecule has 4 amide bonds. The number of esters is 1. The minimum Gasteiger partial charge on any atom is -0.469 e. The lowest BCUT2D eigenvalue weighted by molar-refractivity contribution is -0.146. The number of amides is 4. The third-order valence-electron chi connectivity index (χ3n) is 10.2. The molecule has 4 saturated heterocycles. The summed E-state index contributed by atoms with van der Waals surface area (Å²) in [6.45, 7) is 12.5. The van der Waals surface area contributed by atoms with Crippen molar-refractivity contribution in [3.8, 4) is 0 Å². The lowest BCUT2D eigenvalue weighted by atomic mass is 10.00. The largest absolute Gasteiger partial charge is 0.469 e. The molecule has 6 atom stereocenters. The number of nitrogens with zero attached hydrogens (tertiary/aromatic N) is 4. The van der Waals surface area contributed by atoms with E-state index in [1.807, 2.05) is 81.4 Å². The highest BCUT2D eigenvalue weighted by molar-refractivity contribution is 5.79. The number of ether oxygens (including phenoxy) is 5. The Balaban J connectivity index is 0.000000215. The molecule has 15 nitrogen and oxygen atoms in total. The van der Waals surface area contributed by atoms with Crippen LogP contribution in [0, 0.1) is 11.8 Å². The summed E-state index contributed by atoms with van der Waals surface area (Å²) in [5.74, 6) is -1.28. The van der Waals surface area contributed by atoms with E-state index in [1.54, 1.807) is 40.4 Å². The van der Waals surface area contributed by atoms with Crippen molar-refractivity contribution in [2.45, 2.75) is 103 Å². The van der Waals surface area contributed by atoms with Crippen LogP contribution in [0.4, 0.5) is 19.2 Å². The van der Waals surface area contributed by atoms with Gasteiger partial charge >= 0.3 is 30.3 Å². The first-order valence-corrected chi connectivity index (χ1v) is 19.1. The molecule has 6 rings (SSSR count). The van der Waals surface area contributed by atoms with E-state index in [4.69, 9.17) is 23.7 Å². The highest BCUT2D eigenvalue weighted by Gasteiger charge is 2.56. The van der Waals surface area contributed by atoms with Crippen molar-refractivity contribution in [1.29, 1.82) is 0 Å². The quantitative estimate of drug-likeness (QED) is 0.294. The zero-order valence-electron chi connectivity index (χ0n) is 33.4. The van der Waals surface area contributed by atoms with Crippen LogP contribution in [0.3, 0.4) is 0 Å². The first kappa shape index (κ1) is 42.1. The second-order valence-corrected chi connectivity index (χ2v) is 16.5. The average molecular weight is 781 g/mol. The van der Waals surface area contributed by atoms with E-state index >= 15 is 0 Å². The predicted octanol–water partition coefficient (Wildman–Crippen LogP) is 5.43. The normalized spacial score (nSPS) is 24.1. The van der Waals surface area contributed by atoms with Crippen LogP contribution in [0.2, 0.25) is 0 Å². The number of aliphatic hydroxyl groups is 1. The van der Waals surface area contributed by atoms with Crippen molar-refractivity contribution in [2.75, 3.05) is 39.9 Å². The van der Waals surface area contributed by atoms with Gasteiger partial charge in [0.05, 0.1) is 37.2 Å². The number of aliphatic hydroxyl groups excluding tert-OH is 1. The van der Waals surface area contributed by atoms with E-state index in [0.29, 0.717) is 32.5 Å². The minimum absolute atomic E-state index is 0.0943. The Bertz CT molecular complexity index is 1680. The molecule has 4 fully saturated rings. The van der Waals surface area contributed by atoms with E-state index in [1.165, 1.54) is 7.11 Å². The van der Waals surface area contributed by atoms with Gasteiger partial charge in [-0.1, -0.05) is 60.7 Å². The van der Waals surface area contributed by atoms with Gasteiger partial charge in [-0.25, -0.2) is 19.2 Å². The Kier molecular flexibility index (Phi) is 13.4. The summed E-state index contributed by atoms with van der Waals surface area (Å²) < 4.78 is 26.8. The van der Waals surface area contributed by atoms with Crippen LogP contribution in [0.1, 0.15) is 65.5 Å². The van der Waals surface area contributed by atoms with Crippen LogP contribution in [-0.2, 0) is 41.7 Å². The molecule has 0 aromatic heterocycles. The third kappa shape index (κ3) is 10.2. The molecule has 0 spiro atoms. The molecule has 0 saturated carbocycles. The highest BCUT2D eigenvalue weighted by atomic mass is 16.6. The summed E-state index contributed by atoms with van der Waals surface area (Å²) >= 11 is 0. The number of fused-ring (bicyclic) bond motifs is 2. The van der Waals surface area contributed by atoms with Crippen molar-refractivity contribution in [3.05, 3.63) is 71.8 Å². The van der Waals surface area contributed by atoms with E-state index < -0.39 is 53.5 Å². The minimum atomic E-state index is -0.650. The molecule has 1 N–H and O–H groups in total. The van der Waals surface area contributed by atoms with Gasteiger partial charge in [0.2, 0.25) is 0 Å². The second kappa shape index (κ2) is 17.8. The Morgan fingerprint density at radius 2 is 1.05 bits per heavy atom. The van der Waals surface area contributed by atoms with Gasteiger partial charge in [-0.3, -0.25) is 4.79 Å². The van der Waals surface area contributed by atoms with Gasteiger partial charge in [-0.05, 0) is 65.5 Å². The van der Waals surface area contributed by atoms with Crippen LogP contribution in [0.25, 0.3) is 0 Å². The smallest absolute Gasteiger partial charge is 0.410 e. The molecule has 0 aliphatic carbocycles. The molecule has 306 valence electrons. The zero-order valence-corrected chi connectivity index (χ0v) is 33.4. The molecule has 4 aliphatic heterocycles. The maximum absolute atomic E-state index is 12.7. The average Bonchev–Trinajstić information content (AvgIpc) is 3.94. The molecule has 15 heteroatoms. The summed E-state index contributed by atoms with van der Waals surface area (Å²) in [4.78, 5) is 69.3. The zero-order chi connectivity index (χ0) is 40.8. The molecular formula is C41H56N4O11. The van der Waals surface area contributed by atoms with Crippen molar-refractivity contribution in [2.24, 2.45) is 11.8 Å². The topological polar surface area (TPSA) is 165 Å². The summed E-state index contributed by atoms with van der Waals surface area (Å²) in [6.07, 6.45) is -0.581. The summed E-state index contributed by atoms with van der Waals surface area (Å²) in [7, 11) is 1.31. The van der Waals surface area contributed by atoms with Gasteiger partial charge in [0, 0.05) is 38.7 Å². The Hall–Kier alpha value is -5.05. The molecule has 4 aliphatic rings. The molecule has 0 bridgehead atoms. The maximum atomic E-state index is 12.7. The molecule has 0 radical (unpaired) electrons. The van der Waals surface area contributed by atoms with Gasteiger partial charge in [-0.2, -0.15) is 0 Å². The van der Waals surface area contributed by atoms with Gasteiger partial charge in [0.25, 0.3) is 0 Å². The fourth-order valence-corrected chi connectivity index (χ4v) is 7.91. The van der Waals surface area contributed by atoms with E-state index in [9.17, 15) is 29.1 Å².